The van der Waals surface area contributed by atoms with Crippen LogP contribution >= 0.6 is 0 Å². The fourth-order valence-electron chi connectivity index (χ4n) is 4.42. The summed E-state index contributed by atoms with van der Waals surface area (Å²) in [6.07, 6.45) is 11.9. The Balaban J connectivity index is 1.64. The summed E-state index contributed by atoms with van der Waals surface area (Å²) in [7, 11) is 0. The number of hydrogen-bond donors (Lipinski definition) is 0. The number of amides is 1. The van der Waals surface area contributed by atoms with E-state index in [1.54, 1.807) is 0 Å². The molecule has 1 amide bonds. The molecule has 0 N–H and O–H groups in total. The normalized spacial score (nSPS) is 24.8. The monoisotopic (exact) mass is 337 g/mol. The average molecular weight is 337 g/mol. The first kappa shape index (κ1) is 16.4. The molecule has 1 aromatic rings. The van der Waals surface area contributed by atoms with Crippen LogP contribution in [-0.4, -0.2) is 28.7 Å². The number of ether oxygens (including phenoxy) is 1. The van der Waals surface area contributed by atoms with Crippen LogP contribution in [-0.2, 0) is 11.2 Å². The van der Waals surface area contributed by atoms with Crippen molar-refractivity contribution in [3.05, 3.63) is 47.0 Å². The van der Waals surface area contributed by atoms with Crippen LogP contribution in [0.15, 0.2) is 30.4 Å². The van der Waals surface area contributed by atoms with Gasteiger partial charge in [0.25, 0.3) is 0 Å². The maximum absolute atomic E-state index is 12.7. The number of nitrogens with zero attached hydrogens (tertiary/aromatic N) is 1. The lowest BCUT2D eigenvalue weighted by Crippen LogP contribution is -2.53. The molecule has 3 nitrogen and oxygen atoms in total. The minimum Gasteiger partial charge on any atom is -0.444 e. The Morgan fingerprint density at radius 1 is 1.24 bits per heavy atom. The van der Waals surface area contributed by atoms with E-state index in [2.05, 4.69) is 36.4 Å². The van der Waals surface area contributed by atoms with E-state index in [1.165, 1.54) is 28.7 Å². The van der Waals surface area contributed by atoms with Crippen molar-refractivity contribution in [3.8, 4) is 0 Å². The highest BCUT2D eigenvalue weighted by Crippen LogP contribution is 2.40. The van der Waals surface area contributed by atoms with Gasteiger partial charge in [0.2, 0.25) is 0 Å². The Kier molecular flexibility index (Phi) is 3.98. The van der Waals surface area contributed by atoms with E-state index in [-0.39, 0.29) is 18.2 Å². The fourth-order valence-corrected chi connectivity index (χ4v) is 4.42. The van der Waals surface area contributed by atoms with Gasteiger partial charge in [-0.05, 0) is 75.1 Å². The first-order chi connectivity index (χ1) is 11.9. The third-order valence-corrected chi connectivity index (χ3v) is 5.42. The Labute approximate surface area is 150 Å². The molecule has 132 valence electrons. The zero-order valence-corrected chi connectivity index (χ0v) is 15.4. The minimum absolute atomic E-state index is 0.155. The smallest absolute Gasteiger partial charge is 0.411 e. The Morgan fingerprint density at radius 2 is 2.08 bits per heavy atom. The van der Waals surface area contributed by atoms with E-state index >= 15 is 0 Å². The van der Waals surface area contributed by atoms with Crippen LogP contribution in [0.1, 0.15) is 63.1 Å². The molecule has 2 heterocycles. The van der Waals surface area contributed by atoms with Gasteiger partial charge < -0.3 is 4.74 Å². The second-order valence-electron chi connectivity index (χ2n) is 8.42. The predicted octanol–water partition coefficient (Wildman–Crippen LogP) is 5.20. The van der Waals surface area contributed by atoms with E-state index in [0.717, 1.165) is 25.7 Å². The molecule has 1 fully saturated rings. The van der Waals surface area contributed by atoms with Crippen molar-refractivity contribution >= 4 is 17.7 Å². The molecule has 0 radical (unpaired) electrons. The summed E-state index contributed by atoms with van der Waals surface area (Å²) in [4.78, 5) is 14.7. The van der Waals surface area contributed by atoms with Crippen molar-refractivity contribution in [2.45, 2.75) is 70.6 Å². The molecule has 3 aliphatic rings. The van der Waals surface area contributed by atoms with Crippen LogP contribution in [0.25, 0.3) is 11.6 Å². The SMILES string of the molecule is CC(C)(C)OC(=O)N1C2C=C(c3cccc4c3CC=C4)CC1CCC2. The van der Waals surface area contributed by atoms with Crippen LogP contribution in [0.5, 0.6) is 0 Å². The number of carbonyl (C=O) groups excluding carboxylic acids is 1. The number of piperidine rings is 1. The largest absolute Gasteiger partial charge is 0.444 e. The standard InChI is InChI=1S/C22H27NO2/c1-22(2,3)25-21(24)23-17-9-6-10-18(23)14-16(13-17)20-12-5-8-15-7-4-11-19(15)20/h4-5,7-8,12-13,17-18H,6,9-11,14H2,1-3H3. The maximum atomic E-state index is 12.7. The lowest BCUT2D eigenvalue weighted by atomic mass is 9.81. The summed E-state index contributed by atoms with van der Waals surface area (Å²) in [6.45, 7) is 5.81. The average Bonchev–Trinajstić information content (AvgIpc) is 3.00. The zero-order valence-electron chi connectivity index (χ0n) is 15.4. The number of hydrogen-bond acceptors (Lipinski definition) is 2. The molecule has 4 rings (SSSR count). The maximum Gasteiger partial charge on any atom is 0.411 e. The highest BCUT2D eigenvalue weighted by atomic mass is 16.6. The molecule has 2 atom stereocenters. The number of benzene rings is 1. The van der Waals surface area contributed by atoms with E-state index in [4.69, 9.17) is 4.74 Å². The van der Waals surface area contributed by atoms with Gasteiger partial charge in [-0.15, -0.1) is 0 Å². The summed E-state index contributed by atoms with van der Waals surface area (Å²) in [6, 6.07) is 7.03. The number of allylic oxidation sites excluding steroid dienone is 1. The van der Waals surface area contributed by atoms with E-state index in [9.17, 15) is 4.79 Å². The fraction of sp³-hybridized carbons (Fsp3) is 0.500. The molecule has 25 heavy (non-hydrogen) atoms. The highest BCUT2D eigenvalue weighted by molar-refractivity contribution is 5.78. The molecule has 2 unspecified atom stereocenters. The lowest BCUT2D eigenvalue weighted by Gasteiger charge is -2.45. The van der Waals surface area contributed by atoms with Crippen LogP contribution in [0.3, 0.4) is 0 Å². The molecule has 1 aromatic carbocycles. The number of rotatable bonds is 1. The van der Waals surface area contributed by atoms with Crippen molar-refractivity contribution < 1.29 is 9.53 Å². The molecular formula is C22H27NO2. The predicted molar refractivity (Wildman–Crippen MR) is 101 cm³/mol. The van der Waals surface area contributed by atoms with Crippen molar-refractivity contribution in [2.75, 3.05) is 0 Å². The molecule has 2 aliphatic heterocycles. The van der Waals surface area contributed by atoms with E-state index in [0.29, 0.717) is 0 Å². The summed E-state index contributed by atoms with van der Waals surface area (Å²) < 4.78 is 5.68. The van der Waals surface area contributed by atoms with E-state index in [1.807, 2.05) is 25.7 Å². The first-order valence-corrected chi connectivity index (χ1v) is 9.43. The van der Waals surface area contributed by atoms with Gasteiger partial charge >= 0.3 is 6.09 Å². The molecule has 0 saturated carbocycles. The second-order valence-corrected chi connectivity index (χ2v) is 8.42. The summed E-state index contributed by atoms with van der Waals surface area (Å²) in [5, 5.41) is 0. The Morgan fingerprint density at radius 3 is 2.84 bits per heavy atom. The van der Waals surface area contributed by atoms with Crippen LogP contribution in [0.2, 0.25) is 0 Å². The van der Waals surface area contributed by atoms with Gasteiger partial charge in [0.05, 0.1) is 6.04 Å². The van der Waals surface area contributed by atoms with Crippen LogP contribution < -0.4 is 0 Å². The Hall–Kier alpha value is -2.03. The number of carbonyl (C=O) groups is 1. The highest BCUT2D eigenvalue weighted by Gasteiger charge is 2.39. The molecule has 2 bridgehead atoms. The molecule has 0 aromatic heterocycles. The molecule has 3 heteroatoms. The zero-order chi connectivity index (χ0) is 17.6. The van der Waals surface area contributed by atoms with Crippen LogP contribution in [0.4, 0.5) is 4.79 Å². The molecule has 1 saturated heterocycles. The van der Waals surface area contributed by atoms with Crippen molar-refractivity contribution in [1.29, 1.82) is 0 Å². The van der Waals surface area contributed by atoms with Gasteiger partial charge in [0, 0.05) is 6.04 Å². The van der Waals surface area contributed by atoms with Gasteiger partial charge in [0.15, 0.2) is 0 Å². The topological polar surface area (TPSA) is 29.5 Å². The summed E-state index contributed by atoms with van der Waals surface area (Å²) in [5.74, 6) is 0. The second kappa shape index (κ2) is 6.05. The van der Waals surface area contributed by atoms with Gasteiger partial charge in [-0.1, -0.05) is 36.4 Å². The number of fused-ring (bicyclic) bond motifs is 3. The quantitative estimate of drug-likeness (QED) is 0.705. The van der Waals surface area contributed by atoms with Gasteiger partial charge in [0.1, 0.15) is 5.60 Å². The third-order valence-electron chi connectivity index (χ3n) is 5.42. The van der Waals surface area contributed by atoms with Crippen molar-refractivity contribution in [2.24, 2.45) is 0 Å². The summed E-state index contributed by atoms with van der Waals surface area (Å²) >= 11 is 0. The third kappa shape index (κ3) is 3.12. The van der Waals surface area contributed by atoms with Gasteiger partial charge in [-0.25, -0.2) is 4.79 Å². The van der Waals surface area contributed by atoms with Crippen LogP contribution in [0, 0.1) is 0 Å². The Bertz CT molecular complexity index is 754. The van der Waals surface area contributed by atoms with Crippen molar-refractivity contribution in [3.63, 3.8) is 0 Å². The minimum atomic E-state index is -0.443. The van der Waals surface area contributed by atoms with Crippen molar-refractivity contribution in [1.82, 2.24) is 4.90 Å². The molecular weight excluding hydrogens is 310 g/mol. The summed E-state index contributed by atoms with van der Waals surface area (Å²) in [5.41, 5.74) is 5.13. The molecule has 1 aliphatic carbocycles. The molecule has 0 spiro atoms. The van der Waals surface area contributed by atoms with E-state index < -0.39 is 5.60 Å². The first-order valence-electron chi connectivity index (χ1n) is 9.43. The van der Waals surface area contributed by atoms with Gasteiger partial charge in [-0.3, -0.25) is 4.90 Å². The van der Waals surface area contributed by atoms with Gasteiger partial charge in [-0.2, -0.15) is 0 Å². The lowest BCUT2D eigenvalue weighted by molar-refractivity contribution is 0.0000847.